The second-order valence-electron chi connectivity index (χ2n) is 5.61. The van der Waals surface area contributed by atoms with Crippen molar-refractivity contribution in [1.29, 1.82) is 0 Å². The Balaban J connectivity index is 1.66. The van der Waals surface area contributed by atoms with Crippen LogP contribution in [-0.2, 0) is 6.42 Å². The number of rotatable bonds is 2. The second-order valence-corrected chi connectivity index (χ2v) is 5.61. The van der Waals surface area contributed by atoms with Gasteiger partial charge in [0, 0.05) is 12.1 Å². The van der Waals surface area contributed by atoms with Crippen molar-refractivity contribution in [1.82, 2.24) is 5.32 Å². The number of benzene rings is 1. The van der Waals surface area contributed by atoms with Crippen molar-refractivity contribution in [2.45, 2.75) is 56.7 Å². The zero-order valence-corrected chi connectivity index (χ0v) is 10.5. The van der Waals surface area contributed by atoms with Crippen LogP contribution in [0.5, 0.6) is 0 Å². The van der Waals surface area contributed by atoms with Crippen LogP contribution in [0.2, 0.25) is 0 Å². The Morgan fingerprint density at radius 2 is 1.89 bits per heavy atom. The molecule has 0 saturated heterocycles. The van der Waals surface area contributed by atoms with Gasteiger partial charge < -0.3 is 10.4 Å². The first kappa shape index (κ1) is 12.1. The monoisotopic (exact) mass is 249 g/mol. The molecule has 2 N–H and O–H groups in total. The number of aliphatic hydroxyl groups is 1. The molecule has 1 aromatic rings. The van der Waals surface area contributed by atoms with E-state index in [9.17, 15) is 9.50 Å². The summed E-state index contributed by atoms with van der Waals surface area (Å²) in [5, 5.41) is 13.2. The maximum atomic E-state index is 13.1. The topological polar surface area (TPSA) is 32.3 Å². The van der Waals surface area contributed by atoms with Crippen molar-refractivity contribution >= 4 is 0 Å². The van der Waals surface area contributed by atoms with E-state index in [4.69, 9.17) is 0 Å². The number of fused-ring (bicyclic) bond motifs is 1. The minimum absolute atomic E-state index is 0.104. The molecule has 3 rings (SSSR count). The standard InChI is InChI=1S/C15H20FNO/c16-11-2-7-14-10(9-11)1-8-15(14)17-12-3-5-13(18)6-4-12/h2,7,9,12-13,15,17-18H,1,3-6,8H2. The van der Waals surface area contributed by atoms with Crippen LogP contribution in [0.3, 0.4) is 0 Å². The highest BCUT2D eigenvalue weighted by molar-refractivity contribution is 5.35. The first-order chi connectivity index (χ1) is 8.72. The van der Waals surface area contributed by atoms with Crippen molar-refractivity contribution < 1.29 is 9.50 Å². The maximum Gasteiger partial charge on any atom is 0.123 e. The van der Waals surface area contributed by atoms with E-state index in [1.807, 2.05) is 6.07 Å². The quantitative estimate of drug-likeness (QED) is 0.844. The number of aryl methyl sites for hydroxylation is 1. The lowest BCUT2D eigenvalue weighted by Crippen LogP contribution is -2.36. The molecule has 98 valence electrons. The molecule has 0 aliphatic heterocycles. The molecular weight excluding hydrogens is 229 g/mol. The molecule has 1 atom stereocenters. The molecule has 18 heavy (non-hydrogen) atoms. The lowest BCUT2D eigenvalue weighted by Gasteiger charge is -2.29. The highest BCUT2D eigenvalue weighted by atomic mass is 19.1. The average Bonchev–Trinajstić information content (AvgIpc) is 2.74. The zero-order chi connectivity index (χ0) is 12.5. The number of nitrogens with one attached hydrogen (secondary N) is 1. The van der Waals surface area contributed by atoms with Crippen molar-refractivity contribution in [3.63, 3.8) is 0 Å². The Morgan fingerprint density at radius 1 is 1.11 bits per heavy atom. The van der Waals surface area contributed by atoms with Gasteiger partial charge in [0.05, 0.1) is 6.10 Å². The fourth-order valence-electron chi connectivity index (χ4n) is 3.29. The lowest BCUT2D eigenvalue weighted by atomic mass is 9.92. The van der Waals surface area contributed by atoms with Crippen molar-refractivity contribution in [2.24, 2.45) is 0 Å². The summed E-state index contributed by atoms with van der Waals surface area (Å²) in [5.74, 6) is -0.129. The summed E-state index contributed by atoms with van der Waals surface area (Å²) in [7, 11) is 0. The molecule has 0 spiro atoms. The molecular formula is C15H20FNO. The van der Waals surface area contributed by atoms with Crippen molar-refractivity contribution in [3.8, 4) is 0 Å². The molecule has 1 unspecified atom stereocenters. The fourth-order valence-corrected chi connectivity index (χ4v) is 3.29. The summed E-state index contributed by atoms with van der Waals surface area (Å²) >= 11 is 0. The van der Waals surface area contributed by atoms with E-state index in [2.05, 4.69) is 5.32 Å². The van der Waals surface area contributed by atoms with Gasteiger partial charge in [0.15, 0.2) is 0 Å². The first-order valence-electron chi connectivity index (χ1n) is 6.95. The van der Waals surface area contributed by atoms with Crippen LogP contribution in [0.4, 0.5) is 4.39 Å². The smallest absolute Gasteiger partial charge is 0.123 e. The van der Waals surface area contributed by atoms with Crippen LogP contribution < -0.4 is 5.32 Å². The van der Waals surface area contributed by atoms with Crippen LogP contribution in [0.1, 0.15) is 49.3 Å². The van der Waals surface area contributed by atoms with Crippen molar-refractivity contribution in [3.05, 3.63) is 35.1 Å². The minimum Gasteiger partial charge on any atom is -0.393 e. The van der Waals surface area contributed by atoms with Crippen LogP contribution in [0.25, 0.3) is 0 Å². The normalized spacial score (nSPS) is 31.3. The van der Waals surface area contributed by atoms with E-state index in [0.29, 0.717) is 12.1 Å². The number of halogens is 1. The van der Waals surface area contributed by atoms with Gasteiger partial charge in [-0.15, -0.1) is 0 Å². The van der Waals surface area contributed by atoms with Gasteiger partial charge in [-0.05, 0) is 61.8 Å². The Labute approximate surface area is 107 Å². The summed E-state index contributed by atoms with van der Waals surface area (Å²) in [4.78, 5) is 0. The molecule has 1 aromatic carbocycles. The van der Waals surface area contributed by atoms with Gasteiger partial charge in [-0.25, -0.2) is 4.39 Å². The number of hydrogen-bond donors (Lipinski definition) is 2. The number of aliphatic hydroxyl groups excluding tert-OH is 1. The van der Waals surface area contributed by atoms with Crippen LogP contribution in [0.15, 0.2) is 18.2 Å². The molecule has 0 bridgehead atoms. The average molecular weight is 249 g/mol. The van der Waals surface area contributed by atoms with Gasteiger partial charge in [-0.2, -0.15) is 0 Å². The van der Waals surface area contributed by atoms with Crippen molar-refractivity contribution in [2.75, 3.05) is 0 Å². The van der Waals surface area contributed by atoms with Gasteiger partial charge in [-0.1, -0.05) is 6.07 Å². The Morgan fingerprint density at radius 3 is 2.67 bits per heavy atom. The molecule has 0 aromatic heterocycles. The lowest BCUT2D eigenvalue weighted by molar-refractivity contribution is 0.114. The van der Waals surface area contributed by atoms with Crippen LogP contribution in [-0.4, -0.2) is 17.3 Å². The SMILES string of the molecule is OC1CCC(NC2CCc3cc(F)ccc32)CC1. The first-order valence-corrected chi connectivity index (χ1v) is 6.95. The number of hydrogen-bond acceptors (Lipinski definition) is 2. The predicted molar refractivity (Wildman–Crippen MR) is 68.9 cm³/mol. The largest absolute Gasteiger partial charge is 0.393 e. The van der Waals surface area contributed by atoms with E-state index in [1.54, 1.807) is 12.1 Å². The third kappa shape index (κ3) is 2.43. The Hall–Kier alpha value is -0.930. The van der Waals surface area contributed by atoms with E-state index in [-0.39, 0.29) is 11.9 Å². The minimum atomic E-state index is -0.129. The predicted octanol–water partition coefficient (Wildman–Crippen LogP) is 2.71. The van der Waals surface area contributed by atoms with Gasteiger partial charge in [0.2, 0.25) is 0 Å². The highest BCUT2D eigenvalue weighted by Crippen LogP contribution is 2.33. The van der Waals surface area contributed by atoms with E-state index in [0.717, 1.165) is 44.1 Å². The molecule has 1 fully saturated rings. The Kier molecular flexibility index (Phi) is 3.35. The molecule has 0 radical (unpaired) electrons. The molecule has 1 saturated carbocycles. The molecule has 2 aliphatic rings. The second kappa shape index (κ2) is 4.98. The summed E-state index contributed by atoms with van der Waals surface area (Å²) < 4.78 is 13.1. The fraction of sp³-hybridized carbons (Fsp3) is 0.600. The third-order valence-electron chi connectivity index (χ3n) is 4.32. The van der Waals surface area contributed by atoms with Crippen LogP contribution in [0, 0.1) is 5.82 Å². The van der Waals surface area contributed by atoms with E-state index in [1.165, 1.54) is 5.56 Å². The summed E-state index contributed by atoms with van der Waals surface area (Å²) in [6.07, 6.45) is 5.84. The molecule has 0 heterocycles. The Bertz CT molecular complexity index is 427. The molecule has 2 nitrogen and oxygen atoms in total. The highest BCUT2D eigenvalue weighted by Gasteiger charge is 2.27. The van der Waals surface area contributed by atoms with Gasteiger partial charge >= 0.3 is 0 Å². The summed E-state index contributed by atoms with van der Waals surface area (Å²) in [6, 6.07) is 6.04. The van der Waals surface area contributed by atoms with E-state index >= 15 is 0 Å². The zero-order valence-electron chi connectivity index (χ0n) is 10.5. The third-order valence-corrected chi connectivity index (χ3v) is 4.32. The van der Waals surface area contributed by atoms with Gasteiger partial charge in [0.25, 0.3) is 0 Å². The van der Waals surface area contributed by atoms with Gasteiger partial charge in [0.1, 0.15) is 5.82 Å². The molecule has 3 heteroatoms. The van der Waals surface area contributed by atoms with Gasteiger partial charge in [-0.3, -0.25) is 0 Å². The summed E-state index contributed by atoms with van der Waals surface area (Å²) in [6.45, 7) is 0. The van der Waals surface area contributed by atoms with E-state index < -0.39 is 0 Å². The molecule has 0 amide bonds. The van der Waals surface area contributed by atoms with Crippen LogP contribution >= 0.6 is 0 Å². The maximum absolute atomic E-state index is 13.1. The summed E-state index contributed by atoms with van der Waals surface area (Å²) in [5.41, 5.74) is 2.42. The molecule has 2 aliphatic carbocycles.